The quantitative estimate of drug-likeness (QED) is 0.334. The third-order valence-corrected chi connectivity index (χ3v) is 5.71. The van der Waals surface area contributed by atoms with Gasteiger partial charge in [-0.2, -0.15) is 0 Å². The highest BCUT2D eigenvalue weighted by Gasteiger charge is 2.12. The minimum Gasteiger partial charge on any atom is -0.497 e. The number of methoxy groups -OCH3 is 1. The Hall–Kier alpha value is -3.67. The molecule has 0 aliphatic rings. The first-order chi connectivity index (χ1) is 16.2. The van der Waals surface area contributed by atoms with Crippen LogP contribution in [0.15, 0.2) is 72.8 Å². The second-order valence-electron chi connectivity index (χ2n) is 7.99. The lowest BCUT2D eigenvalue weighted by Crippen LogP contribution is -2.24. The Morgan fingerprint density at radius 2 is 1.82 bits per heavy atom. The number of imidazole rings is 1. The van der Waals surface area contributed by atoms with Gasteiger partial charge in [-0.05, 0) is 49.2 Å². The molecule has 0 aliphatic heterocycles. The number of nitrogens with zero attached hydrogens (tertiary/aromatic N) is 2. The van der Waals surface area contributed by atoms with Gasteiger partial charge in [0.05, 0.1) is 24.7 Å². The van der Waals surface area contributed by atoms with Crippen molar-refractivity contribution < 1.29 is 13.9 Å². The second kappa shape index (κ2) is 10.8. The smallest absolute Gasteiger partial charge is 0.251 e. The van der Waals surface area contributed by atoms with Crippen LogP contribution in [0, 0.1) is 5.82 Å². The van der Waals surface area contributed by atoms with Gasteiger partial charge < -0.3 is 14.6 Å². The number of carbonyl (C=O) groups is 1. The summed E-state index contributed by atoms with van der Waals surface area (Å²) in [5.41, 5.74) is 3.19. The lowest BCUT2D eigenvalue weighted by Gasteiger charge is -2.10. The van der Waals surface area contributed by atoms with Gasteiger partial charge >= 0.3 is 0 Å². The molecule has 1 amide bonds. The standard InChI is InChI=1S/C27H28FN3O2/c1-33-22-12-9-11-20(18-22)27(32)29-17-8-2-3-16-26-30-24-14-6-7-15-25(24)31(26)19-21-10-4-5-13-23(21)28/h4-7,9-15,18H,2-3,8,16-17,19H2,1H3,(H,29,32). The number of hydrogen-bond acceptors (Lipinski definition) is 3. The molecule has 1 aromatic heterocycles. The summed E-state index contributed by atoms with van der Waals surface area (Å²) in [5, 5.41) is 2.96. The SMILES string of the molecule is COc1cccc(C(=O)NCCCCCc2nc3ccccc3n2Cc2ccccc2F)c1. The average Bonchev–Trinajstić information content (AvgIpc) is 3.19. The number of para-hydroxylation sites is 2. The summed E-state index contributed by atoms with van der Waals surface area (Å²) in [5.74, 6) is 1.33. The van der Waals surface area contributed by atoms with Gasteiger partial charge in [0, 0.05) is 24.1 Å². The molecule has 0 aliphatic carbocycles. The summed E-state index contributed by atoms with van der Waals surface area (Å²) in [4.78, 5) is 17.1. The van der Waals surface area contributed by atoms with Crippen molar-refractivity contribution in [2.24, 2.45) is 0 Å². The number of carbonyl (C=O) groups excluding carboxylic acids is 1. The van der Waals surface area contributed by atoms with Crippen LogP contribution in [0.4, 0.5) is 4.39 Å². The molecule has 0 atom stereocenters. The number of aryl methyl sites for hydroxylation is 1. The molecule has 1 heterocycles. The number of amides is 1. The van der Waals surface area contributed by atoms with Crippen molar-refractivity contribution in [2.45, 2.75) is 32.2 Å². The minimum absolute atomic E-state index is 0.0967. The zero-order chi connectivity index (χ0) is 23.0. The van der Waals surface area contributed by atoms with E-state index in [2.05, 4.69) is 9.88 Å². The Labute approximate surface area is 193 Å². The first-order valence-electron chi connectivity index (χ1n) is 11.3. The van der Waals surface area contributed by atoms with Crippen LogP contribution in [0.3, 0.4) is 0 Å². The summed E-state index contributed by atoms with van der Waals surface area (Å²) in [6, 6.07) is 22.0. The van der Waals surface area contributed by atoms with Crippen LogP contribution in [0.1, 0.15) is 41.0 Å². The number of hydrogen-bond donors (Lipinski definition) is 1. The molecule has 170 valence electrons. The molecule has 6 heteroatoms. The molecular formula is C27H28FN3O2. The van der Waals surface area contributed by atoms with Crippen LogP contribution in [0.25, 0.3) is 11.0 Å². The van der Waals surface area contributed by atoms with Gasteiger partial charge in [-0.1, -0.05) is 42.8 Å². The van der Waals surface area contributed by atoms with E-state index >= 15 is 0 Å². The van der Waals surface area contributed by atoms with E-state index in [0.29, 0.717) is 30.0 Å². The van der Waals surface area contributed by atoms with E-state index in [9.17, 15) is 9.18 Å². The molecule has 4 aromatic rings. The topological polar surface area (TPSA) is 56.1 Å². The van der Waals surface area contributed by atoms with Gasteiger partial charge in [0.1, 0.15) is 17.4 Å². The number of aromatic nitrogens is 2. The van der Waals surface area contributed by atoms with Crippen LogP contribution in [0.2, 0.25) is 0 Å². The molecule has 0 radical (unpaired) electrons. The fourth-order valence-electron chi connectivity index (χ4n) is 3.94. The minimum atomic E-state index is -0.201. The maximum absolute atomic E-state index is 14.3. The summed E-state index contributed by atoms with van der Waals surface area (Å²) >= 11 is 0. The van der Waals surface area contributed by atoms with E-state index in [0.717, 1.165) is 42.5 Å². The van der Waals surface area contributed by atoms with Crippen LogP contribution >= 0.6 is 0 Å². The largest absolute Gasteiger partial charge is 0.497 e. The van der Waals surface area contributed by atoms with Crippen molar-refractivity contribution in [1.29, 1.82) is 0 Å². The number of ether oxygens (including phenoxy) is 1. The molecule has 5 nitrogen and oxygen atoms in total. The summed E-state index contributed by atoms with van der Waals surface area (Å²) in [7, 11) is 1.58. The molecular weight excluding hydrogens is 417 g/mol. The number of rotatable bonds is 10. The Balaban J connectivity index is 1.32. The number of nitrogens with one attached hydrogen (secondary N) is 1. The molecule has 0 saturated heterocycles. The normalized spacial score (nSPS) is 11.0. The van der Waals surface area contributed by atoms with E-state index in [1.165, 1.54) is 6.07 Å². The maximum Gasteiger partial charge on any atom is 0.251 e. The molecule has 1 N–H and O–H groups in total. The zero-order valence-corrected chi connectivity index (χ0v) is 18.8. The highest BCUT2D eigenvalue weighted by atomic mass is 19.1. The number of benzene rings is 3. The third kappa shape index (κ3) is 5.58. The monoisotopic (exact) mass is 445 g/mol. The fourth-order valence-corrected chi connectivity index (χ4v) is 3.94. The first kappa shape index (κ1) is 22.5. The molecule has 0 bridgehead atoms. The van der Waals surface area contributed by atoms with Gasteiger partial charge in [0.2, 0.25) is 0 Å². The van der Waals surface area contributed by atoms with E-state index < -0.39 is 0 Å². The van der Waals surface area contributed by atoms with Crippen LogP contribution < -0.4 is 10.1 Å². The summed E-state index contributed by atoms with van der Waals surface area (Å²) in [6.07, 6.45) is 3.58. The van der Waals surface area contributed by atoms with Crippen molar-refractivity contribution in [3.8, 4) is 5.75 Å². The van der Waals surface area contributed by atoms with Crippen molar-refractivity contribution in [2.75, 3.05) is 13.7 Å². The van der Waals surface area contributed by atoms with Gasteiger partial charge in [-0.3, -0.25) is 4.79 Å². The maximum atomic E-state index is 14.3. The molecule has 33 heavy (non-hydrogen) atoms. The number of fused-ring (bicyclic) bond motifs is 1. The van der Waals surface area contributed by atoms with Gasteiger partial charge in [0.25, 0.3) is 5.91 Å². The van der Waals surface area contributed by atoms with Crippen LogP contribution in [-0.2, 0) is 13.0 Å². The van der Waals surface area contributed by atoms with E-state index in [1.807, 2.05) is 42.5 Å². The van der Waals surface area contributed by atoms with Crippen LogP contribution in [-0.4, -0.2) is 29.1 Å². The van der Waals surface area contributed by atoms with Gasteiger partial charge in [-0.25, -0.2) is 9.37 Å². The van der Waals surface area contributed by atoms with Crippen molar-refractivity contribution >= 4 is 16.9 Å². The first-order valence-corrected chi connectivity index (χ1v) is 11.3. The predicted molar refractivity (Wildman–Crippen MR) is 128 cm³/mol. The van der Waals surface area contributed by atoms with E-state index in [4.69, 9.17) is 9.72 Å². The Morgan fingerprint density at radius 1 is 1.00 bits per heavy atom. The highest BCUT2D eigenvalue weighted by Crippen LogP contribution is 2.20. The summed E-state index contributed by atoms with van der Waals surface area (Å²) in [6.45, 7) is 1.07. The lowest BCUT2D eigenvalue weighted by atomic mass is 10.1. The Morgan fingerprint density at radius 3 is 2.67 bits per heavy atom. The highest BCUT2D eigenvalue weighted by molar-refractivity contribution is 5.94. The Bertz CT molecular complexity index is 1240. The molecule has 3 aromatic carbocycles. The molecule has 0 saturated carbocycles. The third-order valence-electron chi connectivity index (χ3n) is 5.71. The Kier molecular flexibility index (Phi) is 7.35. The van der Waals surface area contributed by atoms with Gasteiger partial charge in [0.15, 0.2) is 0 Å². The molecule has 0 spiro atoms. The molecule has 4 rings (SSSR count). The van der Waals surface area contributed by atoms with Gasteiger partial charge in [-0.15, -0.1) is 0 Å². The van der Waals surface area contributed by atoms with Crippen molar-refractivity contribution in [3.05, 3.63) is 95.6 Å². The van der Waals surface area contributed by atoms with Crippen LogP contribution in [0.5, 0.6) is 5.75 Å². The van der Waals surface area contributed by atoms with E-state index in [1.54, 1.807) is 31.4 Å². The fraction of sp³-hybridized carbons (Fsp3) is 0.259. The van der Waals surface area contributed by atoms with Crippen molar-refractivity contribution in [1.82, 2.24) is 14.9 Å². The average molecular weight is 446 g/mol. The zero-order valence-electron chi connectivity index (χ0n) is 18.8. The number of unbranched alkanes of at least 4 members (excludes halogenated alkanes) is 2. The predicted octanol–water partition coefficient (Wildman–Crippen LogP) is 5.38. The van der Waals surface area contributed by atoms with E-state index in [-0.39, 0.29) is 11.7 Å². The molecule has 0 unspecified atom stereocenters. The lowest BCUT2D eigenvalue weighted by molar-refractivity contribution is 0.0952. The number of halogens is 1. The summed E-state index contributed by atoms with van der Waals surface area (Å²) < 4.78 is 21.5. The van der Waals surface area contributed by atoms with Crippen molar-refractivity contribution in [3.63, 3.8) is 0 Å². The second-order valence-corrected chi connectivity index (χ2v) is 7.99. The molecule has 0 fully saturated rings.